The highest BCUT2D eigenvalue weighted by Gasteiger charge is 2.34. The number of para-hydroxylation sites is 1. The first-order valence-corrected chi connectivity index (χ1v) is 9.51. The number of methoxy groups -OCH3 is 2. The maximum atomic E-state index is 12.8. The lowest BCUT2D eigenvalue weighted by atomic mass is 9.84. The first-order chi connectivity index (χ1) is 12.6. The van der Waals surface area contributed by atoms with Crippen LogP contribution in [0.2, 0.25) is 5.02 Å². The van der Waals surface area contributed by atoms with Gasteiger partial charge < -0.3 is 14.8 Å². The minimum absolute atomic E-state index is 0.0493. The van der Waals surface area contributed by atoms with Gasteiger partial charge in [0.05, 0.1) is 24.8 Å². The predicted octanol–water partition coefficient (Wildman–Crippen LogP) is 5.23. The molecule has 0 spiro atoms. The van der Waals surface area contributed by atoms with Crippen molar-refractivity contribution in [2.24, 2.45) is 0 Å². The molecule has 2 aromatic carbocycles. The fraction of sp³-hybridized carbons (Fsp3) is 0.250. The fourth-order valence-corrected chi connectivity index (χ4v) is 4.86. The second kappa shape index (κ2) is 6.89. The number of halogens is 1. The average molecular weight is 388 g/mol. The van der Waals surface area contributed by atoms with Gasteiger partial charge in [-0.2, -0.15) is 0 Å². The van der Waals surface area contributed by atoms with Gasteiger partial charge in [0, 0.05) is 33.5 Å². The third-order valence-corrected chi connectivity index (χ3v) is 6.20. The zero-order chi connectivity index (χ0) is 18.3. The number of nitrogens with one attached hydrogen (secondary N) is 1. The van der Waals surface area contributed by atoms with E-state index in [-0.39, 0.29) is 11.7 Å². The molecule has 2 aromatic rings. The summed E-state index contributed by atoms with van der Waals surface area (Å²) < 4.78 is 11.0. The first-order valence-electron chi connectivity index (χ1n) is 8.32. The molecule has 2 aliphatic rings. The number of carbonyl (C=O) groups is 1. The Balaban J connectivity index is 1.68. The van der Waals surface area contributed by atoms with Crippen molar-refractivity contribution in [1.82, 2.24) is 0 Å². The number of thioether (sulfide) groups is 1. The lowest BCUT2D eigenvalue weighted by Crippen LogP contribution is -2.23. The van der Waals surface area contributed by atoms with Crippen molar-refractivity contribution in [3.05, 3.63) is 57.6 Å². The summed E-state index contributed by atoms with van der Waals surface area (Å²) in [7, 11) is 3.25. The van der Waals surface area contributed by atoms with Crippen LogP contribution in [0.4, 0.5) is 5.69 Å². The normalized spacial score (nSPS) is 18.7. The van der Waals surface area contributed by atoms with Gasteiger partial charge in [0.1, 0.15) is 0 Å². The molecule has 0 amide bonds. The van der Waals surface area contributed by atoms with Crippen molar-refractivity contribution in [2.45, 2.75) is 23.7 Å². The number of benzene rings is 2. The molecule has 0 fully saturated rings. The Kier molecular flexibility index (Phi) is 4.59. The molecular weight excluding hydrogens is 370 g/mol. The van der Waals surface area contributed by atoms with E-state index in [0.29, 0.717) is 22.9 Å². The van der Waals surface area contributed by atoms with Crippen molar-refractivity contribution in [1.29, 1.82) is 0 Å². The highest BCUT2D eigenvalue weighted by molar-refractivity contribution is 8.04. The fourth-order valence-electron chi connectivity index (χ4n) is 3.53. The molecule has 1 atom stereocenters. The van der Waals surface area contributed by atoms with Gasteiger partial charge in [-0.05, 0) is 30.7 Å². The number of carbonyl (C=O) groups excluding carboxylic acids is 1. The minimum atomic E-state index is 0.0493. The summed E-state index contributed by atoms with van der Waals surface area (Å²) in [6.45, 7) is 0. The lowest BCUT2D eigenvalue weighted by Gasteiger charge is -2.31. The van der Waals surface area contributed by atoms with Gasteiger partial charge in [-0.25, -0.2) is 0 Å². The average Bonchev–Trinajstić information content (AvgIpc) is 2.66. The van der Waals surface area contributed by atoms with Gasteiger partial charge >= 0.3 is 0 Å². The summed E-state index contributed by atoms with van der Waals surface area (Å²) in [6, 6.07) is 11.5. The van der Waals surface area contributed by atoms with E-state index in [1.165, 1.54) is 11.8 Å². The Labute approximate surface area is 161 Å². The van der Waals surface area contributed by atoms with Crippen LogP contribution in [0.5, 0.6) is 11.5 Å². The van der Waals surface area contributed by atoms with E-state index in [2.05, 4.69) is 5.32 Å². The monoisotopic (exact) mass is 387 g/mol. The summed E-state index contributed by atoms with van der Waals surface area (Å²) >= 11 is 7.59. The molecule has 6 heteroatoms. The molecule has 0 saturated carbocycles. The Morgan fingerprint density at radius 2 is 2.00 bits per heavy atom. The number of anilines is 1. The van der Waals surface area contributed by atoms with E-state index >= 15 is 0 Å². The molecule has 1 N–H and O–H groups in total. The molecule has 4 rings (SSSR count). The molecule has 26 heavy (non-hydrogen) atoms. The number of ketones is 1. The maximum absolute atomic E-state index is 12.8. The number of fused-ring (bicyclic) bond motifs is 1. The molecule has 1 heterocycles. The summed E-state index contributed by atoms with van der Waals surface area (Å²) in [4.78, 5) is 14.6. The Morgan fingerprint density at radius 1 is 1.15 bits per heavy atom. The van der Waals surface area contributed by atoms with Gasteiger partial charge in [0.25, 0.3) is 0 Å². The van der Waals surface area contributed by atoms with Crippen LogP contribution < -0.4 is 14.8 Å². The maximum Gasteiger partial charge on any atom is 0.171 e. The number of rotatable bonds is 3. The molecule has 0 radical (unpaired) electrons. The van der Waals surface area contributed by atoms with Gasteiger partial charge in [0.2, 0.25) is 0 Å². The van der Waals surface area contributed by atoms with Crippen LogP contribution in [0.3, 0.4) is 0 Å². The third kappa shape index (κ3) is 2.95. The summed E-state index contributed by atoms with van der Waals surface area (Å²) in [5, 5.41) is 4.10. The van der Waals surface area contributed by atoms with Crippen LogP contribution in [-0.4, -0.2) is 20.0 Å². The Morgan fingerprint density at radius 3 is 2.77 bits per heavy atom. The molecule has 134 valence electrons. The van der Waals surface area contributed by atoms with Crippen LogP contribution in [0.25, 0.3) is 0 Å². The zero-order valence-corrected chi connectivity index (χ0v) is 16.0. The lowest BCUT2D eigenvalue weighted by molar-refractivity contribution is -0.115. The van der Waals surface area contributed by atoms with Crippen molar-refractivity contribution < 1.29 is 14.3 Å². The number of hydrogen-bond donors (Lipinski definition) is 1. The highest BCUT2D eigenvalue weighted by Crippen LogP contribution is 2.49. The zero-order valence-electron chi connectivity index (χ0n) is 14.5. The van der Waals surface area contributed by atoms with Crippen LogP contribution >= 0.6 is 23.4 Å². The van der Waals surface area contributed by atoms with Crippen LogP contribution in [0.1, 0.15) is 24.3 Å². The summed E-state index contributed by atoms with van der Waals surface area (Å²) in [5.41, 5.74) is 2.96. The van der Waals surface area contributed by atoms with Crippen molar-refractivity contribution in [2.75, 3.05) is 19.5 Å². The largest absolute Gasteiger partial charge is 0.493 e. The van der Waals surface area contributed by atoms with Crippen molar-refractivity contribution in [3.8, 4) is 11.5 Å². The topological polar surface area (TPSA) is 47.6 Å². The second-order valence-corrected chi connectivity index (χ2v) is 7.77. The number of hydrogen-bond acceptors (Lipinski definition) is 5. The molecule has 4 nitrogen and oxygen atoms in total. The molecule has 0 bridgehead atoms. The quantitative estimate of drug-likeness (QED) is 0.781. The van der Waals surface area contributed by atoms with E-state index in [0.717, 1.165) is 33.2 Å². The van der Waals surface area contributed by atoms with Crippen molar-refractivity contribution >= 4 is 34.8 Å². The van der Waals surface area contributed by atoms with Crippen LogP contribution in [0.15, 0.2) is 51.9 Å². The number of Topliss-reactive ketones (excluding diaryl/α,β-unsaturated/α-hetero) is 1. The smallest absolute Gasteiger partial charge is 0.171 e. The standard InChI is InChI=1S/C20H18ClNO3S/c1-24-17-5-3-4-13(19(17)25-2)11-8-15-20(16(23)9-11)26-18-10-12(21)6-7-14(18)22-15/h3-7,10-11,22H,8-9H2,1-2H3. The van der Waals surface area contributed by atoms with E-state index in [1.807, 2.05) is 36.4 Å². The SMILES string of the molecule is COc1cccc(C2CC(=O)C3=C(C2)Nc2ccc(Cl)cc2S3)c1OC. The molecule has 0 aromatic heterocycles. The summed E-state index contributed by atoms with van der Waals surface area (Å²) in [6.07, 6.45) is 1.20. The van der Waals surface area contributed by atoms with Gasteiger partial charge in [0.15, 0.2) is 17.3 Å². The molecular formula is C20H18ClNO3S. The molecule has 1 aliphatic heterocycles. The number of ether oxygens (including phenoxy) is 2. The third-order valence-electron chi connectivity index (χ3n) is 4.72. The van der Waals surface area contributed by atoms with Crippen LogP contribution in [-0.2, 0) is 4.79 Å². The van der Waals surface area contributed by atoms with Gasteiger partial charge in [-0.1, -0.05) is 35.5 Å². The molecule has 1 unspecified atom stereocenters. The van der Waals surface area contributed by atoms with E-state index in [4.69, 9.17) is 21.1 Å². The Bertz CT molecular complexity index is 925. The molecule has 0 saturated heterocycles. The van der Waals surface area contributed by atoms with Gasteiger partial charge in [-0.15, -0.1) is 0 Å². The predicted molar refractivity (Wildman–Crippen MR) is 104 cm³/mol. The number of allylic oxidation sites excluding steroid dienone is 2. The second-order valence-electron chi connectivity index (χ2n) is 6.29. The van der Waals surface area contributed by atoms with Crippen molar-refractivity contribution in [3.63, 3.8) is 0 Å². The highest BCUT2D eigenvalue weighted by atomic mass is 35.5. The minimum Gasteiger partial charge on any atom is -0.493 e. The summed E-state index contributed by atoms with van der Waals surface area (Å²) in [5.74, 6) is 1.58. The Hall–Kier alpha value is -2.11. The van der Waals surface area contributed by atoms with E-state index < -0.39 is 0 Å². The van der Waals surface area contributed by atoms with E-state index in [9.17, 15) is 4.79 Å². The molecule has 1 aliphatic carbocycles. The first kappa shape index (κ1) is 17.3. The van der Waals surface area contributed by atoms with Crippen LogP contribution in [0, 0.1) is 0 Å². The van der Waals surface area contributed by atoms with E-state index in [1.54, 1.807) is 14.2 Å². The van der Waals surface area contributed by atoms with Gasteiger partial charge in [-0.3, -0.25) is 4.79 Å².